The van der Waals surface area contributed by atoms with Gasteiger partial charge in [0.1, 0.15) is 0 Å². The highest BCUT2D eigenvalue weighted by atomic mass is 16.5. The van der Waals surface area contributed by atoms with Crippen molar-refractivity contribution in [2.24, 2.45) is 0 Å². The van der Waals surface area contributed by atoms with Crippen LogP contribution in [0, 0.1) is 0 Å². The lowest BCUT2D eigenvalue weighted by molar-refractivity contribution is 0.273. The lowest BCUT2D eigenvalue weighted by Crippen LogP contribution is -2.02. The Morgan fingerprint density at radius 3 is 2.19 bits per heavy atom. The average Bonchev–Trinajstić information content (AvgIpc) is 2.27. The molecule has 0 aliphatic rings. The maximum Gasteiger partial charge on any atom is 0.203 e. The maximum absolute atomic E-state index is 9.74. The number of phenolic OH excluding ortho intramolecular Hbond substituents is 1. The molecule has 3 nitrogen and oxygen atoms in total. The van der Waals surface area contributed by atoms with E-state index in [1.165, 1.54) is 0 Å². The van der Waals surface area contributed by atoms with Crippen LogP contribution in [0.2, 0.25) is 0 Å². The van der Waals surface area contributed by atoms with Gasteiger partial charge in [-0.05, 0) is 31.9 Å². The Morgan fingerprint density at radius 2 is 1.62 bits per heavy atom. The quantitative estimate of drug-likeness (QED) is 0.806. The molecule has 3 heteroatoms. The molecule has 0 unspecified atom stereocenters. The standard InChI is InChI=1S/C13H20O3/c1-4-7-10-8-9-11(14)13(16-6-3)12(10)15-5-2/h8-9,14H,4-7H2,1-3H3. The average molecular weight is 224 g/mol. The zero-order valence-electron chi connectivity index (χ0n) is 10.2. The molecule has 0 spiro atoms. The fourth-order valence-electron chi connectivity index (χ4n) is 1.65. The zero-order chi connectivity index (χ0) is 12.0. The predicted octanol–water partition coefficient (Wildman–Crippen LogP) is 3.14. The molecular weight excluding hydrogens is 204 g/mol. The largest absolute Gasteiger partial charge is 0.504 e. The van der Waals surface area contributed by atoms with Crippen LogP contribution in [0.4, 0.5) is 0 Å². The van der Waals surface area contributed by atoms with Gasteiger partial charge in [0.15, 0.2) is 11.5 Å². The molecule has 0 saturated carbocycles. The Bertz CT molecular complexity index is 334. The third-order valence-corrected chi connectivity index (χ3v) is 2.27. The van der Waals surface area contributed by atoms with E-state index in [0.717, 1.165) is 18.4 Å². The number of ether oxygens (including phenoxy) is 2. The van der Waals surface area contributed by atoms with Crippen LogP contribution in [-0.4, -0.2) is 18.3 Å². The molecule has 0 amide bonds. The number of hydrogen-bond donors (Lipinski definition) is 1. The molecule has 90 valence electrons. The van der Waals surface area contributed by atoms with Crippen molar-refractivity contribution in [2.75, 3.05) is 13.2 Å². The van der Waals surface area contributed by atoms with Crippen LogP contribution in [-0.2, 0) is 6.42 Å². The summed E-state index contributed by atoms with van der Waals surface area (Å²) in [6.07, 6.45) is 1.96. The Balaban J connectivity index is 3.14. The third-order valence-electron chi connectivity index (χ3n) is 2.27. The van der Waals surface area contributed by atoms with E-state index in [9.17, 15) is 5.11 Å². The summed E-state index contributed by atoms with van der Waals surface area (Å²) in [6.45, 7) is 7.02. The van der Waals surface area contributed by atoms with E-state index in [4.69, 9.17) is 9.47 Å². The van der Waals surface area contributed by atoms with Gasteiger partial charge in [-0.3, -0.25) is 0 Å². The topological polar surface area (TPSA) is 38.7 Å². The molecule has 0 saturated heterocycles. The number of aromatic hydroxyl groups is 1. The predicted molar refractivity (Wildman–Crippen MR) is 64.4 cm³/mol. The van der Waals surface area contributed by atoms with Crippen molar-refractivity contribution in [3.63, 3.8) is 0 Å². The van der Waals surface area contributed by atoms with Gasteiger partial charge in [0.2, 0.25) is 5.75 Å². The molecule has 0 aliphatic heterocycles. The fourth-order valence-corrected chi connectivity index (χ4v) is 1.65. The smallest absolute Gasteiger partial charge is 0.203 e. The van der Waals surface area contributed by atoms with Crippen molar-refractivity contribution in [1.82, 2.24) is 0 Å². The molecule has 0 fully saturated rings. The first-order valence-corrected chi connectivity index (χ1v) is 5.84. The van der Waals surface area contributed by atoms with E-state index in [2.05, 4.69) is 6.92 Å². The third kappa shape index (κ3) is 2.81. The van der Waals surface area contributed by atoms with Crippen molar-refractivity contribution in [3.05, 3.63) is 17.7 Å². The summed E-state index contributed by atoms with van der Waals surface area (Å²) < 4.78 is 11.0. The van der Waals surface area contributed by atoms with Crippen molar-refractivity contribution in [3.8, 4) is 17.2 Å². The summed E-state index contributed by atoms with van der Waals surface area (Å²) in [5.74, 6) is 1.30. The second-order valence-electron chi connectivity index (χ2n) is 3.52. The first-order valence-electron chi connectivity index (χ1n) is 5.84. The molecule has 0 aliphatic carbocycles. The Morgan fingerprint density at radius 1 is 1.00 bits per heavy atom. The highest BCUT2D eigenvalue weighted by molar-refractivity contribution is 5.55. The minimum Gasteiger partial charge on any atom is -0.504 e. The van der Waals surface area contributed by atoms with Crippen LogP contribution in [0.25, 0.3) is 0 Å². The van der Waals surface area contributed by atoms with Gasteiger partial charge in [-0.15, -0.1) is 0 Å². The molecule has 16 heavy (non-hydrogen) atoms. The van der Waals surface area contributed by atoms with Gasteiger partial charge in [-0.1, -0.05) is 19.4 Å². The Kier molecular flexibility index (Phi) is 4.96. The summed E-state index contributed by atoms with van der Waals surface area (Å²) in [5, 5.41) is 9.74. The van der Waals surface area contributed by atoms with Crippen molar-refractivity contribution in [1.29, 1.82) is 0 Å². The molecule has 1 aromatic rings. The van der Waals surface area contributed by atoms with E-state index in [1.807, 2.05) is 19.9 Å². The normalized spacial score (nSPS) is 10.2. The van der Waals surface area contributed by atoms with Gasteiger partial charge in [-0.2, -0.15) is 0 Å². The highest BCUT2D eigenvalue weighted by Crippen LogP contribution is 2.40. The second kappa shape index (κ2) is 6.26. The molecule has 0 heterocycles. The Hall–Kier alpha value is -1.38. The summed E-state index contributed by atoms with van der Waals surface area (Å²) >= 11 is 0. The van der Waals surface area contributed by atoms with Crippen LogP contribution in [0.1, 0.15) is 32.8 Å². The van der Waals surface area contributed by atoms with Crippen LogP contribution in [0.3, 0.4) is 0 Å². The van der Waals surface area contributed by atoms with E-state index >= 15 is 0 Å². The number of phenols is 1. The minimum atomic E-state index is 0.144. The summed E-state index contributed by atoms with van der Waals surface area (Å²) in [7, 11) is 0. The van der Waals surface area contributed by atoms with Gasteiger partial charge in [0.25, 0.3) is 0 Å². The molecular formula is C13H20O3. The number of aryl methyl sites for hydroxylation is 1. The summed E-state index contributed by atoms with van der Waals surface area (Å²) in [5.41, 5.74) is 1.09. The minimum absolute atomic E-state index is 0.144. The van der Waals surface area contributed by atoms with E-state index < -0.39 is 0 Å². The first-order chi connectivity index (χ1) is 7.74. The van der Waals surface area contributed by atoms with E-state index in [-0.39, 0.29) is 5.75 Å². The van der Waals surface area contributed by atoms with Crippen molar-refractivity contribution >= 4 is 0 Å². The SMILES string of the molecule is CCCc1ccc(O)c(OCC)c1OCC. The van der Waals surface area contributed by atoms with Gasteiger partial charge >= 0.3 is 0 Å². The second-order valence-corrected chi connectivity index (χ2v) is 3.52. The first kappa shape index (κ1) is 12.7. The number of hydrogen-bond acceptors (Lipinski definition) is 3. The summed E-state index contributed by atoms with van der Waals surface area (Å²) in [6, 6.07) is 3.56. The van der Waals surface area contributed by atoms with Gasteiger partial charge < -0.3 is 14.6 Å². The molecule has 0 radical (unpaired) electrons. The molecule has 0 aromatic heterocycles. The van der Waals surface area contributed by atoms with Crippen LogP contribution < -0.4 is 9.47 Å². The van der Waals surface area contributed by atoms with Gasteiger partial charge in [0, 0.05) is 0 Å². The van der Waals surface area contributed by atoms with E-state index in [1.54, 1.807) is 6.07 Å². The van der Waals surface area contributed by atoms with Gasteiger partial charge in [0.05, 0.1) is 13.2 Å². The van der Waals surface area contributed by atoms with Gasteiger partial charge in [-0.25, -0.2) is 0 Å². The lowest BCUT2D eigenvalue weighted by Gasteiger charge is -2.15. The Labute approximate surface area is 97.0 Å². The molecule has 1 rings (SSSR count). The van der Waals surface area contributed by atoms with Crippen molar-refractivity contribution in [2.45, 2.75) is 33.6 Å². The van der Waals surface area contributed by atoms with E-state index in [0.29, 0.717) is 24.7 Å². The lowest BCUT2D eigenvalue weighted by atomic mass is 10.1. The maximum atomic E-state index is 9.74. The molecule has 0 atom stereocenters. The summed E-state index contributed by atoms with van der Waals surface area (Å²) in [4.78, 5) is 0. The van der Waals surface area contributed by atoms with Crippen LogP contribution in [0.5, 0.6) is 17.2 Å². The van der Waals surface area contributed by atoms with Crippen LogP contribution in [0.15, 0.2) is 12.1 Å². The monoisotopic (exact) mass is 224 g/mol. The molecule has 1 aromatic carbocycles. The highest BCUT2D eigenvalue weighted by Gasteiger charge is 2.14. The molecule has 0 bridgehead atoms. The van der Waals surface area contributed by atoms with Crippen molar-refractivity contribution < 1.29 is 14.6 Å². The fraction of sp³-hybridized carbons (Fsp3) is 0.538. The zero-order valence-corrected chi connectivity index (χ0v) is 10.2. The number of benzene rings is 1. The van der Waals surface area contributed by atoms with Crippen LogP contribution >= 0.6 is 0 Å². The molecule has 1 N–H and O–H groups in total. The number of rotatable bonds is 6.